The Balaban J connectivity index is 1.79. The number of carbonyl (C=O) groups excluding carboxylic acids is 2. The number of carbonyl (C=O) groups is 2. The van der Waals surface area contributed by atoms with Gasteiger partial charge in [-0.05, 0) is 52.2 Å². The third kappa shape index (κ3) is 3.15. The number of hydrogen-bond acceptors (Lipinski definition) is 3. The average Bonchev–Trinajstić information content (AvgIpc) is 2.83. The number of halogens is 1. The maximum absolute atomic E-state index is 12.6. The zero-order chi connectivity index (χ0) is 16.4. The molecule has 0 spiro atoms. The van der Waals surface area contributed by atoms with Crippen molar-refractivity contribution < 1.29 is 9.59 Å². The van der Waals surface area contributed by atoms with Crippen LogP contribution < -0.4 is 10.2 Å². The summed E-state index contributed by atoms with van der Waals surface area (Å²) >= 11 is 3.40. The Kier molecular flexibility index (Phi) is 4.48. The number of hydrogen-bond donors (Lipinski definition) is 1. The molecule has 2 amide bonds. The molecule has 5 heteroatoms. The van der Waals surface area contributed by atoms with Gasteiger partial charge in [-0.3, -0.25) is 9.59 Å². The minimum absolute atomic E-state index is 0.162. The van der Waals surface area contributed by atoms with Crippen LogP contribution >= 0.6 is 15.9 Å². The van der Waals surface area contributed by atoms with E-state index in [2.05, 4.69) is 28.2 Å². The Morgan fingerprint density at radius 1 is 1.13 bits per heavy atom. The van der Waals surface area contributed by atoms with Gasteiger partial charge in [0.05, 0.1) is 12.1 Å². The van der Waals surface area contributed by atoms with Crippen LogP contribution in [0, 0.1) is 0 Å². The molecule has 2 aromatic rings. The van der Waals surface area contributed by atoms with Crippen molar-refractivity contribution in [3.05, 3.63) is 58.6 Å². The van der Waals surface area contributed by atoms with Crippen molar-refractivity contribution >= 4 is 39.1 Å². The van der Waals surface area contributed by atoms with Crippen LogP contribution in [-0.2, 0) is 16.0 Å². The van der Waals surface area contributed by atoms with E-state index in [9.17, 15) is 9.59 Å². The standard InChI is InChI=1S/C18H17BrN2O2/c1-2-12-7-9-13(10-8-12)20-15-11-17(22)21(18(15)23)16-6-4-3-5-14(16)19/h3-10,15,20H,2,11H2,1H3/t15-/m0/s1. The predicted molar refractivity (Wildman–Crippen MR) is 94.5 cm³/mol. The Labute approximate surface area is 143 Å². The SMILES string of the molecule is CCc1ccc(N[C@H]2CC(=O)N(c3ccccc3Br)C2=O)cc1. The Morgan fingerprint density at radius 3 is 2.48 bits per heavy atom. The zero-order valence-electron chi connectivity index (χ0n) is 12.8. The third-order valence-electron chi connectivity index (χ3n) is 3.94. The Morgan fingerprint density at radius 2 is 1.83 bits per heavy atom. The largest absolute Gasteiger partial charge is 0.373 e. The number of imide groups is 1. The van der Waals surface area contributed by atoms with Crippen LogP contribution in [0.1, 0.15) is 18.9 Å². The van der Waals surface area contributed by atoms with Gasteiger partial charge in [-0.2, -0.15) is 0 Å². The van der Waals surface area contributed by atoms with E-state index in [1.54, 1.807) is 6.07 Å². The molecule has 23 heavy (non-hydrogen) atoms. The molecule has 1 saturated heterocycles. The van der Waals surface area contributed by atoms with E-state index in [-0.39, 0.29) is 18.2 Å². The van der Waals surface area contributed by atoms with Gasteiger partial charge in [-0.25, -0.2) is 4.90 Å². The lowest BCUT2D eigenvalue weighted by Gasteiger charge is -2.17. The van der Waals surface area contributed by atoms with Gasteiger partial charge in [0.2, 0.25) is 5.91 Å². The summed E-state index contributed by atoms with van der Waals surface area (Å²) in [6, 6.07) is 14.6. The molecule has 3 rings (SSSR count). The van der Waals surface area contributed by atoms with Gasteiger partial charge in [0.1, 0.15) is 6.04 Å². The molecule has 1 aliphatic heterocycles. The second-order valence-corrected chi connectivity index (χ2v) is 6.32. The Bertz CT molecular complexity index is 743. The van der Waals surface area contributed by atoms with Crippen molar-refractivity contribution in [1.29, 1.82) is 0 Å². The molecule has 4 nitrogen and oxygen atoms in total. The fourth-order valence-electron chi connectivity index (χ4n) is 2.67. The van der Waals surface area contributed by atoms with Gasteiger partial charge in [0.25, 0.3) is 5.91 Å². The molecule has 0 aromatic heterocycles. The summed E-state index contributed by atoms with van der Waals surface area (Å²) in [5, 5.41) is 3.16. The molecule has 1 fully saturated rings. The molecule has 0 aliphatic carbocycles. The van der Waals surface area contributed by atoms with Crippen molar-refractivity contribution in [3.8, 4) is 0 Å². The summed E-state index contributed by atoms with van der Waals surface area (Å²) in [7, 11) is 0. The van der Waals surface area contributed by atoms with Gasteiger partial charge < -0.3 is 5.32 Å². The van der Waals surface area contributed by atoms with Crippen molar-refractivity contribution in [2.75, 3.05) is 10.2 Å². The highest BCUT2D eigenvalue weighted by atomic mass is 79.9. The number of para-hydroxylation sites is 1. The molecular formula is C18H17BrN2O2. The van der Waals surface area contributed by atoms with Gasteiger partial charge in [0, 0.05) is 10.2 Å². The van der Waals surface area contributed by atoms with E-state index < -0.39 is 6.04 Å². The number of aryl methyl sites for hydroxylation is 1. The highest BCUT2D eigenvalue weighted by Gasteiger charge is 2.40. The van der Waals surface area contributed by atoms with E-state index in [0.29, 0.717) is 5.69 Å². The lowest BCUT2D eigenvalue weighted by molar-refractivity contribution is -0.121. The van der Waals surface area contributed by atoms with E-state index in [0.717, 1.165) is 16.6 Å². The number of anilines is 2. The highest BCUT2D eigenvalue weighted by molar-refractivity contribution is 9.10. The van der Waals surface area contributed by atoms with Crippen LogP contribution in [0.5, 0.6) is 0 Å². The highest BCUT2D eigenvalue weighted by Crippen LogP contribution is 2.31. The minimum atomic E-state index is -0.526. The number of rotatable bonds is 4. The lowest BCUT2D eigenvalue weighted by Crippen LogP contribution is -2.35. The lowest BCUT2D eigenvalue weighted by atomic mass is 10.1. The van der Waals surface area contributed by atoms with E-state index >= 15 is 0 Å². The van der Waals surface area contributed by atoms with E-state index in [4.69, 9.17) is 0 Å². The molecule has 0 bridgehead atoms. The van der Waals surface area contributed by atoms with Crippen LogP contribution in [0.4, 0.5) is 11.4 Å². The van der Waals surface area contributed by atoms with Gasteiger partial charge >= 0.3 is 0 Å². The molecule has 1 heterocycles. The molecule has 2 aromatic carbocycles. The van der Waals surface area contributed by atoms with E-state index in [1.807, 2.05) is 42.5 Å². The van der Waals surface area contributed by atoms with Crippen LogP contribution in [0.15, 0.2) is 53.0 Å². The molecule has 1 atom stereocenters. The fourth-order valence-corrected chi connectivity index (χ4v) is 3.13. The second kappa shape index (κ2) is 6.54. The van der Waals surface area contributed by atoms with Crippen LogP contribution in [0.2, 0.25) is 0 Å². The normalized spacial score (nSPS) is 17.7. The summed E-state index contributed by atoms with van der Waals surface area (Å²) in [6.45, 7) is 2.09. The maximum Gasteiger partial charge on any atom is 0.256 e. The predicted octanol–water partition coefficient (Wildman–Crippen LogP) is 3.76. The summed E-state index contributed by atoms with van der Waals surface area (Å²) in [5.41, 5.74) is 2.68. The third-order valence-corrected chi connectivity index (χ3v) is 4.61. The molecule has 0 radical (unpaired) electrons. The van der Waals surface area contributed by atoms with Crippen molar-refractivity contribution in [2.45, 2.75) is 25.8 Å². The molecule has 1 N–H and O–H groups in total. The molecular weight excluding hydrogens is 356 g/mol. The first kappa shape index (κ1) is 15.7. The van der Waals surface area contributed by atoms with Crippen molar-refractivity contribution in [3.63, 3.8) is 0 Å². The van der Waals surface area contributed by atoms with E-state index in [1.165, 1.54) is 10.5 Å². The molecule has 0 saturated carbocycles. The van der Waals surface area contributed by atoms with Crippen LogP contribution in [0.3, 0.4) is 0 Å². The number of nitrogens with one attached hydrogen (secondary N) is 1. The monoisotopic (exact) mass is 372 g/mol. The average molecular weight is 373 g/mol. The van der Waals surface area contributed by atoms with Gasteiger partial charge in [-0.1, -0.05) is 31.2 Å². The second-order valence-electron chi connectivity index (χ2n) is 5.47. The molecule has 1 aliphatic rings. The number of benzene rings is 2. The number of amides is 2. The minimum Gasteiger partial charge on any atom is -0.373 e. The first-order chi connectivity index (χ1) is 11.1. The number of nitrogens with zero attached hydrogens (tertiary/aromatic N) is 1. The smallest absolute Gasteiger partial charge is 0.256 e. The summed E-state index contributed by atoms with van der Waals surface area (Å²) in [4.78, 5) is 26.2. The first-order valence-electron chi connectivity index (χ1n) is 7.57. The summed E-state index contributed by atoms with van der Waals surface area (Å²) in [6.07, 6.45) is 1.13. The zero-order valence-corrected chi connectivity index (χ0v) is 14.3. The van der Waals surface area contributed by atoms with Crippen molar-refractivity contribution in [2.24, 2.45) is 0 Å². The topological polar surface area (TPSA) is 49.4 Å². The maximum atomic E-state index is 12.6. The van der Waals surface area contributed by atoms with Gasteiger partial charge in [-0.15, -0.1) is 0 Å². The molecule has 0 unspecified atom stereocenters. The fraction of sp³-hybridized carbons (Fsp3) is 0.222. The molecule has 118 valence electrons. The summed E-state index contributed by atoms with van der Waals surface area (Å²) < 4.78 is 0.731. The Hall–Kier alpha value is -2.14. The van der Waals surface area contributed by atoms with Crippen LogP contribution in [-0.4, -0.2) is 17.9 Å². The van der Waals surface area contributed by atoms with Gasteiger partial charge in [0.15, 0.2) is 0 Å². The first-order valence-corrected chi connectivity index (χ1v) is 8.36. The van der Waals surface area contributed by atoms with Crippen LogP contribution in [0.25, 0.3) is 0 Å². The quantitative estimate of drug-likeness (QED) is 0.831. The van der Waals surface area contributed by atoms with Crippen molar-refractivity contribution in [1.82, 2.24) is 0 Å². The summed E-state index contributed by atoms with van der Waals surface area (Å²) in [5.74, 6) is -0.411.